The number of hydrogen-bond acceptors (Lipinski definition) is 6. The van der Waals surface area contributed by atoms with Crippen LogP contribution < -0.4 is 4.74 Å². The van der Waals surface area contributed by atoms with Gasteiger partial charge >= 0.3 is 5.97 Å². The molecule has 214 valence electrons. The minimum atomic E-state index is -0.638. The van der Waals surface area contributed by atoms with Gasteiger partial charge in [0, 0.05) is 62.9 Å². The summed E-state index contributed by atoms with van der Waals surface area (Å²) in [5.41, 5.74) is 4.31. The van der Waals surface area contributed by atoms with Crippen LogP contribution in [-0.2, 0) is 22.8 Å². The van der Waals surface area contributed by atoms with Crippen molar-refractivity contribution in [3.05, 3.63) is 135 Å². The maximum absolute atomic E-state index is 15.2. The highest BCUT2D eigenvalue weighted by Crippen LogP contribution is 2.32. The standard InChI is InChI=1S/C35H27FN2O4S/c1-3-38-32-15-11-24(34(37-42-22(2)39)23-8-5-4-6-9-23)18-29(32)30-19-25(12-16-33(30)38)35(40)28-14-13-26(20-31(28)36)41-21-27-10-7-17-43-27/h4-20H,3,21H2,1-2H3/b37-34+. The van der Waals surface area contributed by atoms with E-state index in [-0.39, 0.29) is 5.56 Å². The maximum atomic E-state index is 15.2. The minimum absolute atomic E-state index is 0.0254. The lowest BCUT2D eigenvalue weighted by atomic mass is 9.98. The Morgan fingerprint density at radius 1 is 0.837 bits per heavy atom. The van der Waals surface area contributed by atoms with E-state index < -0.39 is 17.6 Å². The average Bonchev–Trinajstić information content (AvgIpc) is 3.66. The molecule has 0 N–H and O–H groups in total. The molecule has 2 heterocycles. The third-order valence-electron chi connectivity index (χ3n) is 7.18. The minimum Gasteiger partial charge on any atom is -0.488 e. The Balaban J connectivity index is 1.39. The summed E-state index contributed by atoms with van der Waals surface area (Å²) < 4.78 is 23.0. The third kappa shape index (κ3) is 5.69. The topological polar surface area (TPSA) is 69.9 Å². The van der Waals surface area contributed by atoms with E-state index in [1.54, 1.807) is 23.5 Å². The Labute approximate surface area is 251 Å². The van der Waals surface area contributed by atoms with Gasteiger partial charge in [0.2, 0.25) is 0 Å². The molecular weight excluding hydrogens is 563 g/mol. The molecule has 0 saturated heterocycles. The van der Waals surface area contributed by atoms with Gasteiger partial charge in [-0.1, -0.05) is 47.6 Å². The molecule has 0 atom stereocenters. The molecule has 4 aromatic carbocycles. The third-order valence-corrected chi connectivity index (χ3v) is 8.03. The van der Waals surface area contributed by atoms with Crippen molar-refractivity contribution < 1.29 is 23.6 Å². The monoisotopic (exact) mass is 590 g/mol. The maximum Gasteiger partial charge on any atom is 0.332 e. The molecule has 0 aliphatic carbocycles. The number of rotatable bonds is 9. The Hall–Kier alpha value is -5.08. The Kier molecular flexibility index (Phi) is 7.85. The highest BCUT2D eigenvalue weighted by atomic mass is 32.1. The number of ketones is 1. The van der Waals surface area contributed by atoms with Crippen LogP contribution in [0.1, 0.15) is 45.8 Å². The molecule has 0 fully saturated rings. The van der Waals surface area contributed by atoms with Gasteiger partial charge in [0.1, 0.15) is 23.9 Å². The normalized spacial score (nSPS) is 11.7. The van der Waals surface area contributed by atoms with Crippen LogP contribution >= 0.6 is 11.3 Å². The summed E-state index contributed by atoms with van der Waals surface area (Å²) in [4.78, 5) is 31.2. The first-order valence-electron chi connectivity index (χ1n) is 13.8. The largest absolute Gasteiger partial charge is 0.488 e. The number of fused-ring (bicyclic) bond motifs is 3. The lowest BCUT2D eigenvalue weighted by Gasteiger charge is -2.08. The van der Waals surface area contributed by atoms with Crippen molar-refractivity contribution in [3.8, 4) is 5.75 Å². The summed E-state index contributed by atoms with van der Waals surface area (Å²) in [5.74, 6) is -1.21. The van der Waals surface area contributed by atoms with Crippen LogP contribution in [0.25, 0.3) is 21.8 Å². The van der Waals surface area contributed by atoms with E-state index in [2.05, 4.69) is 16.6 Å². The van der Waals surface area contributed by atoms with Gasteiger partial charge in [0.15, 0.2) is 5.78 Å². The number of hydrogen-bond donors (Lipinski definition) is 0. The number of halogens is 1. The predicted octanol–water partition coefficient (Wildman–Crippen LogP) is 8.14. The van der Waals surface area contributed by atoms with Crippen LogP contribution in [-0.4, -0.2) is 22.0 Å². The van der Waals surface area contributed by atoms with Crippen molar-refractivity contribution in [2.45, 2.75) is 27.0 Å². The second-order valence-corrected chi connectivity index (χ2v) is 11.0. The number of thiophene rings is 1. The lowest BCUT2D eigenvalue weighted by Crippen LogP contribution is -2.06. The molecule has 6 rings (SSSR count). The fraction of sp³-hybridized carbons (Fsp3) is 0.114. The number of benzene rings is 4. The molecule has 0 amide bonds. The number of carbonyl (C=O) groups excluding carboxylic acids is 2. The summed E-state index contributed by atoms with van der Waals surface area (Å²) in [6.45, 7) is 4.40. The van der Waals surface area contributed by atoms with Gasteiger partial charge in [0.25, 0.3) is 0 Å². The Morgan fingerprint density at radius 3 is 2.21 bits per heavy atom. The van der Waals surface area contributed by atoms with Gasteiger partial charge in [-0.25, -0.2) is 9.18 Å². The van der Waals surface area contributed by atoms with Crippen molar-refractivity contribution in [1.29, 1.82) is 0 Å². The van der Waals surface area contributed by atoms with Crippen molar-refractivity contribution >= 4 is 50.6 Å². The Morgan fingerprint density at radius 2 is 1.56 bits per heavy atom. The molecule has 2 aromatic heterocycles. The van der Waals surface area contributed by atoms with Crippen molar-refractivity contribution in [1.82, 2.24) is 4.57 Å². The van der Waals surface area contributed by atoms with Crippen LogP contribution in [0.4, 0.5) is 4.39 Å². The molecule has 0 aliphatic rings. The second kappa shape index (κ2) is 12.0. The van der Waals surface area contributed by atoms with Crippen LogP contribution in [0.5, 0.6) is 5.75 Å². The Bertz CT molecular complexity index is 2000. The molecular formula is C35H27FN2O4S. The summed E-state index contributed by atoms with van der Waals surface area (Å²) in [7, 11) is 0. The fourth-order valence-corrected chi connectivity index (χ4v) is 5.80. The van der Waals surface area contributed by atoms with Crippen LogP contribution in [0, 0.1) is 5.82 Å². The molecule has 0 unspecified atom stereocenters. The van der Waals surface area contributed by atoms with E-state index in [4.69, 9.17) is 9.57 Å². The molecule has 0 bridgehead atoms. The van der Waals surface area contributed by atoms with Gasteiger partial charge in [-0.05, 0) is 60.8 Å². The lowest BCUT2D eigenvalue weighted by molar-refractivity contribution is -0.140. The van der Waals surface area contributed by atoms with Gasteiger partial charge in [-0.15, -0.1) is 11.3 Å². The van der Waals surface area contributed by atoms with E-state index in [1.165, 1.54) is 19.1 Å². The van der Waals surface area contributed by atoms with Gasteiger partial charge in [0.05, 0.1) is 5.56 Å². The highest BCUT2D eigenvalue weighted by Gasteiger charge is 2.19. The summed E-state index contributed by atoms with van der Waals surface area (Å²) in [6, 6.07) is 29.0. The zero-order chi connectivity index (χ0) is 29.9. The quantitative estimate of drug-likeness (QED) is 0.0738. The molecule has 0 spiro atoms. The fourth-order valence-electron chi connectivity index (χ4n) is 5.19. The van der Waals surface area contributed by atoms with E-state index >= 15 is 4.39 Å². The zero-order valence-electron chi connectivity index (χ0n) is 23.5. The number of oxime groups is 1. The summed E-state index contributed by atoms with van der Waals surface area (Å²) in [5, 5.41) is 7.86. The van der Waals surface area contributed by atoms with Crippen molar-refractivity contribution in [2.24, 2.45) is 5.16 Å². The molecule has 0 radical (unpaired) electrons. The first-order chi connectivity index (χ1) is 20.9. The molecule has 6 aromatic rings. The van der Waals surface area contributed by atoms with E-state index in [0.29, 0.717) is 30.2 Å². The molecule has 0 aliphatic heterocycles. The van der Waals surface area contributed by atoms with E-state index in [0.717, 1.165) is 37.8 Å². The molecule has 6 nitrogen and oxygen atoms in total. The first kappa shape index (κ1) is 28.1. The SMILES string of the molecule is CCn1c2ccc(C(=O)c3ccc(OCc4cccs4)cc3F)cc2c2cc(/C(=N/OC(C)=O)c3ccccc3)ccc21. The summed E-state index contributed by atoms with van der Waals surface area (Å²) in [6.07, 6.45) is 0. The van der Waals surface area contributed by atoms with Crippen LogP contribution in [0.2, 0.25) is 0 Å². The number of aromatic nitrogens is 1. The average molecular weight is 591 g/mol. The zero-order valence-corrected chi connectivity index (χ0v) is 24.4. The van der Waals surface area contributed by atoms with Crippen molar-refractivity contribution in [2.75, 3.05) is 0 Å². The van der Waals surface area contributed by atoms with Gasteiger partial charge < -0.3 is 14.1 Å². The smallest absolute Gasteiger partial charge is 0.332 e. The second-order valence-electron chi connectivity index (χ2n) is 9.94. The predicted molar refractivity (Wildman–Crippen MR) is 167 cm³/mol. The first-order valence-corrected chi connectivity index (χ1v) is 14.7. The molecule has 8 heteroatoms. The van der Waals surface area contributed by atoms with Crippen molar-refractivity contribution in [3.63, 3.8) is 0 Å². The molecule has 0 saturated carbocycles. The van der Waals surface area contributed by atoms with Gasteiger partial charge in [-0.3, -0.25) is 4.79 Å². The number of carbonyl (C=O) groups is 2. The number of ether oxygens (including phenoxy) is 1. The van der Waals surface area contributed by atoms with E-state index in [9.17, 15) is 9.59 Å². The van der Waals surface area contributed by atoms with Crippen LogP contribution in [0.15, 0.2) is 108 Å². The number of nitrogens with zero attached hydrogens (tertiary/aromatic N) is 2. The molecule has 43 heavy (non-hydrogen) atoms. The summed E-state index contributed by atoms with van der Waals surface area (Å²) >= 11 is 1.56. The van der Waals surface area contributed by atoms with Crippen LogP contribution in [0.3, 0.4) is 0 Å². The highest BCUT2D eigenvalue weighted by molar-refractivity contribution is 7.09. The number of aryl methyl sites for hydroxylation is 1. The van der Waals surface area contributed by atoms with E-state index in [1.807, 2.05) is 78.2 Å². The van der Waals surface area contributed by atoms with Gasteiger partial charge in [-0.2, -0.15) is 0 Å².